The second kappa shape index (κ2) is 6.45. The average Bonchev–Trinajstić information content (AvgIpc) is 3.09. The van der Waals surface area contributed by atoms with Crippen molar-refractivity contribution in [1.29, 1.82) is 0 Å². The summed E-state index contributed by atoms with van der Waals surface area (Å²) in [5, 5.41) is 3.63. The van der Waals surface area contributed by atoms with Gasteiger partial charge in [-0.3, -0.25) is 0 Å². The van der Waals surface area contributed by atoms with Crippen LogP contribution in [0.15, 0.2) is 36.9 Å². The molecule has 3 atom stereocenters. The van der Waals surface area contributed by atoms with E-state index in [1.807, 2.05) is 12.1 Å². The lowest BCUT2D eigenvalue weighted by molar-refractivity contribution is 0.318. The van der Waals surface area contributed by atoms with Gasteiger partial charge in [0.15, 0.2) is 0 Å². The van der Waals surface area contributed by atoms with Crippen molar-refractivity contribution in [3.8, 4) is 5.75 Å². The largest absolute Gasteiger partial charge is 0.490 e. The smallest absolute Gasteiger partial charge is 0.119 e. The zero-order valence-electron chi connectivity index (χ0n) is 12.2. The lowest BCUT2D eigenvalue weighted by atomic mass is 9.89. The first-order valence-electron chi connectivity index (χ1n) is 7.88. The normalized spacial score (nSPS) is 27.7. The summed E-state index contributed by atoms with van der Waals surface area (Å²) in [6.45, 7) is 6.38. The second-order valence-corrected chi connectivity index (χ2v) is 6.31. The first-order chi connectivity index (χ1) is 9.85. The molecule has 0 spiro atoms. The van der Waals surface area contributed by atoms with Gasteiger partial charge in [0, 0.05) is 6.54 Å². The summed E-state index contributed by atoms with van der Waals surface area (Å²) in [5.41, 5.74) is 1.33. The van der Waals surface area contributed by atoms with Gasteiger partial charge in [-0.1, -0.05) is 31.2 Å². The molecule has 2 bridgehead atoms. The Kier molecular flexibility index (Phi) is 4.41. The van der Waals surface area contributed by atoms with Gasteiger partial charge in [-0.25, -0.2) is 0 Å². The van der Waals surface area contributed by atoms with E-state index in [-0.39, 0.29) is 0 Å². The summed E-state index contributed by atoms with van der Waals surface area (Å²) < 4.78 is 5.49. The van der Waals surface area contributed by atoms with Crippen LogP contribution < -0.4 is 10.1 Å². The maximum atomic E-state index is 5.49. The molecule has 0 aliphatic heterocycles. The maximum absolute atomic E-state index is 5.49. The topological polar surface area (TPSA) is 21.3 Å². The Balaban J connectivity index is 1.41. The first-order valence-corrected chi connectivity index (χ1v) is 7.88. The first kappa shape index (κ1) is 13.7. The van der Waals surface area contributed by atoms with Crippen LogP contribution in [0, 0.1) is 17.8 Å². The Hall–Kier alpha value is -1.28. The van der Waals surface area contributed by atoms with Crippen molar-refractivity contribution in [2.24, 2.45) is 17.8 Å². The number of nitrogens with one attached hydrogen (secondary N) is 1. The minimum absolute atomic E-state index is 0.571. The van der Waals surface area contributed by atoms with Crippen LogP contribution >= 0.6 is 0 Å². The molecule has 0 saturated heterocycles. The molecule has 0 aromatic heterocycles. The highest BCUT2D eigenvalue weighted by molar-refractivity contribution is 5.27. The quantitative estimate of drug-likeness (QED) is 0.762. The molecule has 1 aromatic rings. The molecule has 1 aromatic carbocycles. The molecule has 2 nitrogen and oxygen atoms in total. The van der Waals surface area contributed by atoms with E-state index >= 15 is 0 Å². The fraction of sp³-hybridized carbons (Fsp3) is 0.556. The Morgan fingerprint density at radius 1 is 1.20 bits per heavy atom. The Morgan fingerprint density at radius 2 is 2.05 bits per heavy atom. The number of rotatable bonds is 7. The van der Waals surface area contributed by atoms with Crippen LogP contribution in [0.3, 0.4) is 0 Å². The lowest BCUT2D eigenvalue weighted by Gasteiger charge is -2.21. The summed E-state index contributed by atoms with van der Waals surface area (Å²) in [6, 6.07) is 8.37. The summed E-state index contributed by atoms with van der Waals surface area (Å²) >= 11 is 0. The summed E-state index contributed by atoms with van der Waals surface area (Å²) in [4.78, 5) is 0. The van der Waals surface area contributed by atoms with E-state index in [2.05, 4.69) is 24.0 Å². The van der Waals surface area contributed by atoms with Crippen LogP contribution in [0.1, 0.15) is 31.2 Å². The molecule has 20 heavy (non-hydrogen) atoms. The zero-order valence-corrected chi connectivity index (χ0v) is 12.2. The monoisotopic (exact) mass is 271 g/mol. The van der Waals surface area contributed by atoms with Gasteiger partial charge in [0.1, 0.15) is 12.4 Å². The van der Waals surface area contributed by atoms with Crippen LogP contribution in [0.4, 0.5) is 0 Å². The Morgan fingerprint density at radius 3 is 2.70 bits per heavy atom. The fourth-order valence-corrected chi connectivity index (χ4v) is 3.89. The summed E-state index contributed by atoms with van der Waals surface area (Å²) in [5.74, 6) is 3.92. The minimum Gasteiger partial charge on any atom is -0.490 e. The van der Waals surface area contributed by atoms with Gasteiger partial charge in [-0.2, -0.15) is 0 Å². The van der Waals surface area contributed by atoms with Crippen molar-refractivity contribution in [2.45, 2.75) is 32.2 Å². The fourth-order valence-electron chi connectivity index (χ4n) is 3.89. The molecular formula is C18H25NO. The summed E-state index contributed by atoms with van der Waals surface area (Å²) in [6.07, 6.45) is 7.71. The van der Waals surface area contributed by atoms with E-state index in [1.54, 1.807) is 6.08 Å². The van der Waals surface area contributed by atoms with Gasteiger partial charge in [0.05, 0.1) is 0 Å². The zero-order chi connectivity index (χ0) is 13.8. The molecule has 0 amide bonds. The molecule has 0 heterocycles. The average molecular weight is 271 g/mol. The number of fused-ring (bicyclic) bond motifs is 2. The van der Waals surface area contributed by atoms with Crippen LogP contribution in [0.25, 0.3) is 0 Å². The highest BCUT2D eigenvalue weighted by atomic mass is 16.5. The third-order valence-electron chi connectivity index (χ3n) is 4.91. The Bertz CT molecular complexity index is 439. The molecule has 2 aliphatic carbocycles. The van der Waals surface area contributed by atoms with Gasteiger partial charge in [-0.05, 0) is 61.3 Å². The van der Waals surface area contributed by atoms with Gasteiger partial charge < -0.3 is 10.1 Å². The molecule has 0 radical (unpaired) electrons. The van der Waals surface area contributed by atoms with Crippen molar-refractivity contribution in [3.05, 3.63) is 42.5 Å². The van der Waals surface area contributed by atoms with E-state index in [1.165, 1.54) is 37.8 Å². The van der Waals surface area contributed by atoms with E-state index in [4.69, 9.17) is 4.74 Å². The van der Waals surface area contributed by atoms with Crippen LogP contribution in [-0.2, 0) is 6.54 Å². The van der Waals surface area contributed by atoms with Gasteiger partial charge in [-0.15, -0.1) is 0 Å². The highest BCUT2D eigenvalue weighted by Crippen LogP contribution is 2.47. The van der Waals surface area contributed by atoms with Crippen molar-refractivity contribution < 1.29 is 4.74 Å². The van der Waals surface area contributed by atoms with Crippen LogP contribution in [-0.4, -0.2) is 13.2 Å². The highest BCUT2D eigenvalue weighted by Gasteiger charge is 2.38. The molecule has 2 heteroatoms. The van der Waals surface area contributed by atoms with E-state index < -0.39 is 0 Å². The molecule has 108 valence electrons. The molecule has 2 saturated carbocycles. The number of benzene rings is 1. The van der Waals surface area contributed by atoms with Crippen LogP contribution in [0.2, 0.25) is 0 Å². The third-order valence-corrected chi connectivity index (χ3v) is 4.91. The van der Waals surface area contributed by atoms with Gasteiger partial charge >= 0.3 is 0 Å². The predicted molar refractivity (Wildman–Crippen MR) is 82.8 cm³/mol. The molecule has 2 aliphatic rings. The molecule has 1 N–H and O–H groups in total. The van der Waals surface area contributed by atoms with Crippen molar-refractivity contribution in [1.82, 2.24) is 5.32 Å². The summed E-state index contributed by atoms with van der Waals surface area (Å²) in [7, 11) is 0. The van der Waals surface area contributed by atoms with Crippen molar-refractivity contribution in [2.75, 3.05) is 13.2 Å². The second-order valence-electron chi connectivity index (χ2n) is 6.31. The SMILES string of the molecule is C=CCOc1ccc(CNCC2CC3CCC2C3)cc1. The Labute approximate surface area is 122 Å². The minimum atomic E-state index is 0.571. The standard InChI is InChI=1S/C18H25NO/c1-2-9-20-18-7-4-14(5-8-18)12-19-13-17-11-15-3-6-16(17)10-15/h2,4-5,7-8,15-17,19H,1,3,6,9-13H2. The number of ether oxygens (including phenoxy) is 1. The third kappa shape index (κ3) is 3.24. The number of hydrogen-bond acceptors (Lipinski definition) is 2. The van der Waals surface area contributed by atoms with E-state index in [0.717, 1.165) is 30.0 Å². The lowest BCUT2D eigenvalue weighted by Crippen LogP contribution is -2.26. The molecular weight excluding hydrogens is 246 g/mol. The number of hydrogen-bond donors (Lipinski definition) is 1. The van der Waals surface area contributed by atoms with Crippen molar-refractivity contribution in [3.63, 3.8) is 0 Å². The van der Waals surface area contributed by atoms with E-state index in [0.29, 0.717) is 6.61 Å². The van der Waals surface area contributed by atoms with Crippen molar-refractivity contribution >= 4 is 0 Å². The van der Waals surface area contributed by atoms with Crippen LogP contribution in [0.5, 0.6) is 5.75 Å². The van der Waals surface area contributed by atoms with Gasteiger partial charge in [0.2, 0.25) is 0 Å². The molecule has 3 unspecified atom stereocenters. The van der Waals surface area contributed by atoms with E-state index in [9.17, 15) is 0 Å². The van der Waals surface area contributed by atoms with Gasteiger partial charge in [0.25, 0.3) is 0 Å². The molecule has 3 rings (SSSR count). The molecule has 2 fully saturated rings. The maximum Gasteiger partial charge on any atom is 0.119 e. The predicted octanol–water partition coefficient (Wildman–Crippen LogP) is 3.78.